The molecule has 88 valence electrons. The molecule has 2 N–H and O–H groups in total. The molecule has 0 saturated carbocycles. The Labute approximate surface area is 93.9 Å². The fourth-order valence-corrected chi connectivity index (χ4v) is 3.82. The Hall–Kier alpha value is -1.30. The lowest BCUT2D eigenvalue weighted by molar-refractivity contribution is 0.597. The standard InChI is InChI=1S/C10H13FN2O2S/c1-7-5-13(16(14,15)6-7)10-4-8(11)2-3-9(10)12/h2-4,7H,5-6,12H2,1H3. The van der Waals surface area contributed by atoms with Crippen LogP contribution in [0.5, 0.6) is 0 Å². The number of nitrogen functional groups attached to an aromatic ring is 1. The molecule has 4 nitrogen and oxygen atoms in total. The second kappa shape index (κ2) is 3.62. The quantitative estimate of drug-likeness (QED) is 0.755. The van der Waals surface area contributed by atoms with Crippen LogP contribution >= 0.6 is 0 Å². The van der Waals surface area contributed by atoms with Gasteiger partial charge in [0.15, 0.2) is 0 Å². The minimum atomic E-state index is -3.34. The summed E-state index contributed by atoms with van der Waals surface area (Å²) < 4.78 is 37.8. The van der Waals surface area contributed by atoms with Crippen LogP contribution in [0.4, 0.5) is 15.8 Å². The van der Waals surface area contributed by atoms with Crippen molar-refractivity contribution in [1.29, 1.82) is 0 Å². The van der Waals surface area contributed by atoms with Crippen molar-refractivity contribution in [2.75, 3.05) is 22.3 Å². The van der Waals surface area contributed by atoms with Gasteiger partial charge >= 0.3 is 0 Å². The third kappa shape index (κ3) is 1.84. The van der Waals surface area contributed by atoms with Gasteiger partial charge < -0.3 is 5.73 Å². The monoisotopic (exact) mass is 244 g/mol. The number of benzene rings is 1. The summed E-state index contributed by atoms with van der Waals surface area (Å²) in [6.45, 7) is 2.20. The molecule has 0 radical (unpaired) electrons. The summed E-state index contributed by atoms with van der Waals surface area (Å²) >= 11 is 0. The van der Waals surface area contributed by atoms with Gasteiger partial charge in [-0.05, 0) is 18.1 Å². The van der Waals surface area contributed by atoms with Gasteiger partial charge in [-0.2, -0.15) is 0 Å². The van der Waals surface area contributed by atoms with Crippen molar-refractivity contribution < 1.29 is 12.8 Å². The lowest BCUT2D eigenvalue weighted by atomic mass is 10.2. The second-order valence-electron chi connectivity index (χ2n) is 4.12. The van der Waals surface area contributed by atoms with Crippen molar-refractivity contribution in [3.05, 3.63) is 24.0 Å². The zero-order valence-corrected chi connectivity index (χ0v) is 9.67. The molecule has 0 bridgehead atoms. The van der Waals surface area contributed by atoms with Crippen molar-refractivity contribution in [3.8, 4) is 0 Å². The van der Waals surface area contributed by atoms with Gasteiger partial charge in [0, 0.05) is 12.6 Å². The molecule has 16 heavy (non-hydrogen) atoms. The van der Waals surface area contributed by atoms with Crippen LogP contribution < -0.4 is 10.0 Å². The summed E-state index contributed by atoms with van der Waals surface area (Å²) in [7, 11) is -3.34. The summed E-state index contributed by atoms with van der Waals surface area (Å²) in [6.07, 6.45) is 0. The van der Waals surface area contributed by atoms with Crippen molar-refractivity contribution in [2.45, 2.75) is 6.92 Å². The molecule has 2 rings (SSSR count). The van der Waals surface area contributed by atoms with Crippen LogP contribution in [0.2, 0.25) is 0 Å². The Morgan fingerprint density at radius 3 is 2.75 bits per heavy atom. The first-order valence-electron chi connectivity index (χ1n) is 4.95. The van der Waals surface area contributed by atoms with E-state index in [0.29, 0.717) is 6.54 Å². The van der Waals surface area contributed by atoms with Crippen LogP contribution in [0.3, 0.4) is 0 Å². The largest absolute Gasteiger partial charge is 0.397 e. The van der Waals surface area contributed by atoms with Crippen LogP contribution in [0.15, 0.2) is 18.2 Å². The zero-order chi connectivity index (χ0) is 11.9. The molecule has 1 aromatic carbocycles. The van der Waals surface area contributed by atoms with Gasteiger partial charge in [-0.3, -0.25) is 4.31 Å². The molecule has 0 spiro atoms. The molecule has 1 saturated heterocycles. The van der Waals surface area contributed by atoms with E-state index in [0.717, 1.165) is 6.07 Å². The lowest BCUT2D eigenvalue weighted by Crippen LogP contribution is -2.26. The first-order chi connectivity index (χ1) is 7.40. The topological polar surface area (TPSA) is 63.4 Å². The van der Waals surface area contributed by atoms with Gasteiger partial charge in [0.2, 0.25) is 10.0 Å². The summed E-state index contributed by atoms with van der Waals surface area (Å²) in [6, 6.07) is 3.75. The Morgan fingerprint density at radius 2 is 2.19 bits per heavy atom. The molecule has 1 fully saturated rings. The number of anilines is 2. The van der Waals surface area contributed by atoms with E-state index < -0.39 is 15.8 Å². The maximum Gasteiger partial charge on any atom is 0.235 e. The molecule has 6 heteroatoms. The summed E-state index contributed by atoms with van der Waals surface area (Å²) in [5.74, 6) is -0.366. The van der Waals surface area contributed by atoms with Crippen molar-refractivity contribution in [3.63, 3.8) is 0 Å². The molecule has 0 amide bonds. The highest BCUT2D eigenvalue weighted by molar-refractivity contribution is 7.93. The van der Waals surface area contributed by atoms with Crippen molar-refractivity contribution in [2.24, 2.45) is 5.92 Å². The molecule has 0 aliphatic carbocycles. The van der Waals surface area contributed by atoms with Crippen LogP contribution in [0.25, 0.3) is 0 Å². The number of rotatable bonds is 1. The van der Waals surface area contributed by atoms with Crippen molar-refractivity contribution >= 4 is 21.4 Å². The van der Waals surface area contributed by atoms with E-state index in [1.165, 1.54) is 16.4 Å². The minimum absolute atomic E-state index is 0.0349. The van der Waals surface area contributed by atoms with Crippen LogP contribution in [0.1, 0.15) is 6.92 Å². The first kappa shape index (κ1) is 11.2. The van der Waals surface area contributed by atoms with E-state index in [4.69, 9.17) is 5.73 Å². The third-order valence-corrected chi connectivity index (χ3v) is 4.58. The fraction of sp³-hybridized carbons (Fsp3) is 0.400. The summed E-state index contributed by atoms with van der Waals surface area (Å²) in [5.41, 5.74) is 6.18. The Kier molecular flexibility index (Phi) is 2.53. The van der Waals surface area contributed by atoms with E-state index in [-0.39, 0.29) is 23.0 Å². The van der Waals surface area contributed by atoms with Gasteiger partial charge in [0.25, 0.3) is 0 Å². The van der Waals surface area contributed by atoms with E-state index in [2.05, 4.69) is 0 Å². The van der Waals surface area contributed by atoms with E-state index >= 15 is 0 Å². The molecule has 1 unspecified atom stereocenters. The number of hydrogen-bond donors (Lipinski definition) is 1. The lowest BCUT2D eigenvalue weighted by Gasteiger charge is -2.18. The minimum Gasteiger partial charge on any atom is -0.397 e. The van der Waals surface area contributed by atoms with Crippen LogP contribution in [-0.2, 0) is 10.0 Å². The number of nitrogens with two attached hydrogens (primary N) is 1. The highest BCUT2D eigenvalue weighted by atomic mass is 32.2. The SMILES string of the molecule is CC1CN(c2cc(F)ccc2N)S(=O)(=O)C1. The number of sulfonamides is 1. The molecule has 1 aromatic rings. The Morgan fingerprint density at radius 1 is 1.50 bits per heavy atom. The number of halogens is 1. The molecular formula is C10H13FN2O2S. The third-order valence-electron chi connectivity index (χ3n) is 2.57. The average Bonchev–Trinajstić information content (AvgIpc) is 2.43. The molecule has 0 aromatic heterocycles. The molecule has 1 heterocycles. The average molecular weight is 244 g/mol. The predicted molar refractivity (Wildman–Crippen MR) is 61.1 cm³/mol. The van der Waals surface area contributed by atoms with Gasteiger partial charge in [-0.25, -0.2) is 12.8 Å². The van der Waals surface area contributed by atoms with Gasteiger partial charge in [-0.1, -0.05) is 6.92 Å². The first-order valence-corrected chi connectivity index (χ1v) is 6.56. The fourth-order valence-electron chi connectivity index (χ4n) is 1.88. The maximum absolute atomic E-state index is 13.1. The summed E-state index contributed by atoms with van der Waals surface area (Å²) in [4.78, 5) is 0. The van der Waals surface area contributed by atoms with Gasteiger partial charge in [0.05, 0.1) is 17.1 Å². The highest BCUT2D eigenvalue weighted by Crippen LogP contribution is 2.31. The van der Waals surface area contributed by atoms with Crippen LogP contribution in [-0.4, -0.2) is 20.7 Å². The summed E-state index contributed by atoms with van der Waals surface area (Å²) in [5, 5.41) is 0. The van der Waals surface area contributed by atoms with E-state index in [1.54, 1.807) is 0 Å². The van der Waals surface area contributed by atoms with Crippen LogP contribution in [0, 0.1) is 11.7 Å². The smallest absolute Gasteiger partial charge is 0.235 e. The number of hydrogen-bond acceptors (Lipinski definition) is 3. The van der Waals surface area contributed by atoms with Crippen molar-refractivity contribution in [1.82, 2.24) is 0 Å². The predicted octanol–water partition coefficient (Wildman–Crippen LogP) is 1.19. The normalized spacial score (nSPS) is 23.6. The molecule has 1 atom stereocenters. The van der Waals surface area contributed by atoms with E-state index in [9.17, 15) is 12.8 Å². The zero-order valence-electron chi connectivity index (χ0n) is 8.85. The van der Waals surface area contributed by atoms with Gasteiger partial charge in [0.1, 0.15) is 5.82 Å². The second-order valence-corrected chi connectivity index (χ2v) is 6.06. The molecule has 1 aliphatic rings. The maximum atomic E-state index is 13.1. The molecule has 1 aliphatic heterocycles. The van der Waals surface area contributed by atoms with E-state index in [1.807, 2.05) is 6.92 Å². The number of nitrogens with zero attached hydrogens (tertiary/aromatic N) is 1. The molecular weight excluding hydrogens is 231 g/mol. The Bertz CT molecular complexity index is 516. The highest BCUT2D eigenvalue weighted by Gasteiger charge is 2.34. The Balaban J connectivity index is 2.49. The van der Waals surface area contributed by atoms with Gasteiger partial charge in [-0.15, -0.1) is 0 Å².